The average molecular weight is 513 g/mol. The lowest BCUT2D eigenvalue weighted by Crippen LogP contribution is -2.39. The van der Waals surface area contributed by atoms with E-state index in [9.17, 15) is 9.59 Å². The molecule has 0 aromatic heterocycles. The first-order valence-corrected chi connectivity index (χ1v) is 15.5. The fourth-order valence-electron chi connectivity index (χ4n) is 2.62. The van der Waals surface area contributed by atoms with Crippen molar-refractivity contribution < 1.29 is 9.59 Å². The Labute approximate surface area is 200 Å². The summed E-state index contributed by atoms with van der Waals surface area (Å²) in [6.45, 7) is 13.3. The first kappa shape index (κ1) is 25.5. The minimum Gasteiger partial charge on any atom is -0.282 e. The van der Waals surface area contributed by atoms with Gasteiger partial charge in [0.05, 0.1) is 13.9 Å². The van der Waals surface area contributed by atoms with Crippen molar-refractivity contribution in [3.05, 3.63) is 24.3 Å². The van der Waals surface area contributed by atoms with Crippen molar-refractivity contribution in [3.63, 3.8) is 0 Å². The van der Waals surface area contributed by atoms with Crippen LogP contribution in [0.5, 0.6) is 0 Å². The van der Waals surface area contributed by atoms with Crippen LogP contribution in [-0.4, -0.2) is 57.7 Å². The SMILES string of the molecule is C=C(C)C(=O)SCC1CSC(C(S)(CC)C2SCC(CSC(=O)C(=C)C)S2)S1. The van der Waals surface area contributed by atoms with E-state index in [0.29, 0.717) is 30.8 Å². The summed E-state index contributed by atoms with van der Waals surface area (Å²) >= 11 is 16.0. The van der Waals surface area contributed by atoms with Crippen molar-refractivity contribution in [3.8, 4) is 0 Å². The molecule has 158 valence electrons. The number of rotatable bonds is 9. The highest BCUT2D eigenvalue weighted by Crippen LogP contribution is 2.57. The minimum atomic E-state index is -0.0553. The van der Waals surface area contributed by atoms with Gasteiger partial charge in [-0.05, 0) is 31.4 Å². The molecule has 2 aliphatic heterocycles. The molecule has 0 spiro atoms. The van der Waals surface area contributed by atoms with Crippen LogP contribution in [0.1, 0.15) is 27.2 Å². The molecule has 2 rings (SSSR count). The van der Waals surface area contributed by atoms with E-state index in [2.05, 4.69) is 20.1 Å². The molecule has 0 bridgehead atoms. The zero-order valence-corrected chi connectivity index (χ0v) is 22.3. The van der Waals surface area contributed by atoms with Gasteiger partial charge >= 0.3 is 0 Å². The van der Waals surface area contributed by atoms with Crippen LogP contribution in [0.25, 0.3) is 0 Å². The van der Waals surface area contributed by atoms with Crippen molar-refractivity contribution in [2.75, 3.05) is 23.0 Å². The lowest BCUT2D eigenvalue weighted by Gasteiger charge is -2.37. The molecule has 0 aromatic carbocycles. The number of hydrogen-bond acceptors (Lipinski definition) is 9. The smallest absolute Gasteiger partial charge is 0.214 e. The molecular weight excluding hydrogens is 485 g/mol. The molecule has 0 radical (unpaired) electrons. The molecule has 0 saturated carbocycles. The fraction of sp³-hybridized carbons (Fsp3) is 0.684. The molecular formula is C19H28O2S7. The monoisotopic (exact) mass is 512 g/mol. The Morgan fingerprint density at radius 1 is 0.964 bits per heavy atom. The number of hydrogen-bond donors (Lipinski definition) is 1. The van der Waals surface area contributed by atoms with Gasteiger partial charge in [0.25, 0.3) is 0 Å². The van der Waals surface area contributed by atoms with E-state index in [-0.39, 0.29) is 15.0 Å². The zero-order chi connectivity index (χ0) is 20.9. The van der Waals surface area contributed by atoms with Gasteiger partial charge in [-0.15, -0.1) is 47.0 Å². The maximum atomic E-state index is 11.8. The standard InChI is InChI=1S/C19H28O2S7/c1-6-19(22,17-25-9-13(27-17)7-23-15(20)11(2)3)18-26-10-14(28-18)8-24-16(21)12(4)5/h13-14,17-18,22H,2,4,6-10H2,1,3,5H3. The number of carbonyl (C=O) groups is 2. The molecule has 2 heterocycles. The summed E-state index contributed by atoms with van der Waals surface area (Å²) in [4.78, 5) is 23.7. The van der Waals surface area contributed by atoms with Crippen molar-refractivity contribution in [2.45, 2.75) is 51.6 Å². The fourth-order valence-corrected chi connectivity index (χ4v) is 13.6. The first-order valence-electron chi connectivity index (χ1n) is 9.09. The van der Waals surface area contributed by atoms with Crippen LogP contribution in [0.4, 0.5) is 0 Å². The number of carbonyl (C=O) groups excluding carboxylic acids is 2. The summed E-state index contributed by atoms with van der Waals surface area (Å²) in [6, 6.07) is 0. The maximum absolute atomic E-state index is 11.8. The van der Waals surface area contributed by atoms with Crippen LogP contribution in [-0.2, 0) is 9.59 Å². The first-order chi connectivity index (χ1) is 13.2. The Hall–Kier alpha value is 1.27. The van der Waals surface area contributed by atoms with Crippen LogP contribution < -0.4 is 0 Å². The highest BCUT2D eigenvalue weighted by atomic mass is 32.2. The lowest BCUT2D eigenvalue weighted by molar-refractivity contribution is -0.108. The number of thiol groups is 1. The van der Waals surface area contributed by atoms with Gasteiger partial charge in [0.1, 0.15) is 0 Å². The van der Waals surface area contributed by atoms with Crippen molar-refractivity contribution in [1.82, 2.24) is 0 Å². The predicted molar refractivity (Wildman–Crippen MR) is 142 cm³/mol. The van der Waals surface area contributed by atoms with Crippen molar-refractivity contribution in [2.24, 2.45) is 0 Å². The van der Waals surface area contributed by atoms with E-state index in [1.807, 2.05) is 47.0 Å². The molecule has 0 aromatic rings. The molecule has 0 N–H and O–H groups in total. The molecule has 9 heteroatoms. The Morgan fingerprint density at radius 2 is 1.36 bits per heavy atom. The van der Waals surface area contributed by atoms with Gasteiger partial charge in [0.15, 0.2) is 0 Å². The van der Waals surface area contributed by atoms with E-state index in [0.717, 1.165) is 29.4 Å². The third-order valence-corrected chi connectivity index (χ3v) is 16.0. The predicted octanol–water partition coefficient (Wildman–Crippen LogP) is 6.09. The summed E-state index contributed by atoms with van der Waals surface area (Å²) in [7, 11) is 0. The third-order valence-electron chi connectivity index (χ3n) is 4.38. The Bertz CT molecular complexity index is 573. The molecule has 0 amide bonds. The average Bonchev–Trinajstić information content (AvgIpc) is 3.33. The van der Waals surface area contributed by atoms with Gasteiger partial charge in [0, 0.05) is 33.5 Å². The van der Waals surface area contributed by atoms with Gasteiger partial charge in [-0.2, -0.15) is 12.6 Å². The van der Waals surface area contributed by atoms with Crippen LogP contribution in [0, 0.1) is 0 Å². The second-order valence-corrected chi connectivity index (χ2v) is 15.5. The summed E-state index contributed by atoms with van der Waals surface area (Å²) in [6.07, 6.45) is 1.01. The summed E-state index contributed by atoms with van der Waals surface area (Å²) < 4.78 is 0.805. The lowest BCUT2D eigenvalue weighted by atomic mass is 10.1. The van der Waals surface area contributed by atoms with Gasteiger partial charge in [0.2, 0.25) is 10.2 Å². The highest BCUT2D eigenvalue weighted by molar-refractivity contribution is 8.24. The molecule has 2 nitrogen and oxygen atoms in total. The maximum Gasteiger partial charge on any atom is 0.214 e. The second-order valence-electron chi connectivity index (χ2n) is 6.95. The second kappa shape index (κ2) is 11.8. The molecule has 4 unspecified atom stereocenters. The van der Waals surface area contributed by atoms with E-state index in [1.54, 1.807) is 13.8 Å². The van der Waals surface area contributed by atoms with E-state index in [1.165, 1.54) is 23.5 Å². The molecule has 0 aliphatic carbocycles. The van der Waals surface area contributed by atoms with Gasteiger partial charge in [-0.3, -0.25) is 9.59 Å². The molecule has 2 aliphatic rings. The summed E-state index contributed by atoms with van der Waals surface area (Å²) in [5, 5.41) is 1.18. The Morgan fingerprint density at radius 3 is 1.68 bits per heavy atom. The van der Waals surface area contributed by atoms with E-state index >= 15 is 0 Å². The minimum absolute atomic E-state index is 0.0553. The summed E-state index contributed by atoms with van der Waals surface area (Å²) in [5.74, 6) is 3.84. The number of thioether (sulfide) groups is 6. The highest BCUT2D eigenvalue weighted by Gasteiger charge is 2.49. The van der Waals surface area contributed by atoms with E-state index in [4.69, 9.17) is 12.6 Å². The largest absolute Gasteiger partial charge is 0.282 e. The van der Waals surface area contributed by atoms with Crippen LogP contribution in [0.15, 0.2) is 24.3 Å². The van der Waals surface area contributed by atoms with Crippen molar-refractivity contribution in [1.29, 1.82) is 0 Å². The van der Waals surface area contributed by atoms with Gasteiger partial charge in [-0.1, -0.05) is 43.6 Å². The zero-order valence-electron chi connectivity index (χ0n) is 16.5. The molecule has 2 saturated heterocycles. The van der Waals surface area contributed by atoms with E-state index < -0.39 is 0 Å². The molecule has 28 heavy (non-hydrogen) atoms. The van der Waals surface area contributed by atoms with Crippen LogP contribution in [0.3, 0.4) is 0 Å². The Balaban J connectivity index is 1.87. The molecule has 4 atom stereocenters. The third kappa shape index (κ3) is 6.89. The Kier molecular flexibility index (Phi) is 10.7. The van der Waals surface area contributed by atoms with Crippen molar-refractivity contribution >= 4 is 93.4 Å². The molecule has 2 fully saturated rings. The van der Waals surface area contributed by atoms with Gasteiger partial charge < -0.3 is 0 Å². The van der Waals surface area contributed by atoms with Gasteiger partial charge in [-0.25, -0.2) is 0 Å². The topological polar surface area (TPSA) is 34.1 Å². The summed E-state index contributed by atoms with van der Waals surface area (Å²) in [5.41, 5.74) is 1.25. The quantitative estimate of drug-likeness (QED) is 0.294. The normalized spacial score (nSPS) is 29.4. The van der Waals surface area contributed by atoms with Crippen LogP contribution >= 0.6 is 83.2 Å². The van der Waals surface area contributed by atoms with Crippen LogP contribution in [0.2, 0.25) is 0 Å².